The van der Waals surface area contributed by atoms with Crippen molar-refractivity contribution in [3.63, 3.8) is 0 Å². The first-order valence-electron chi connectivity index (χ1n) is 9.31. The van der Waals surface area contributed by atoms with Gasteiger partial charge in [0.25, 0.3) is 0 Å². The van der Waals surface area contributed by atoms with Crippen molar-refractivity contribution in [2.75, 3.05) is 32.0 Å². The maximum atomic E-state index is 13.2. The fourth-order valence-electron chi connectivity index (χ4n) is 4.51. The molecule has 3 aliphatic rings. The fourth-order valence-corrected chi connectivity index (χ4v) is 4.51. The van der Waals surface area contributed by atoms with Gasteiger partial charge in [0.05, 0.1) is 17.3 Å². The summed E-state index contributed by atoms with van der Waals surface area (Å²) in [7, 11) is 2.10. The number of rotatable bonds is 3. The summed E-state index contributed by atoms with van der Waals surface area (Å²) in [6.45, 7) is 2.40. The van der Waals surface area contributed by atoms with Gasteiger partial charge in [0, 0.05) is 31.2 Å². The molecule has 1 aromatic rings. The monoisotopic (exact) mass is 342 g/mol. The molecular weight excluding hydrogens is 316 g/mol. The Kier molecular flexibility index (Phi) is 4.23. The number of aromatic nitrogens is 1. The normalized spacial score (nSPS) is 29.8. The molecule has 1 aliphatic carbocycles. The van der Waals surface area contributed by atoms with Crippen LogP contribution in [0.1, 0.15) is 32.1 Å². The first kappa shape index (κ1) is 16.5. The molecule has 2 aliphatic heterocycles. The van der Waals surface area contributed by atoms with Gasteiger partial charge >= 0.3 is 0 Å². The average Bonchev–Trinajstić information content (AvgIpc) is 3.43. The van der Waals surface area contributed by atoms with Crippen molar-refractivity contribution >= 4 is 17.5 Å². The van der Waals surface area contributed by atoms with Crippen LogP contribution in [-0.2, 0) is 9.59 Å². The smallest absolute Gasteiger partial charge is 0.232 e. The highest BCUT2D eigenvalue weighted by Crippen LogP contribution is 2.44. The van der Waals surface area contributed by atoms with Crippen LogP contribution in [0.25, 0.3) is 0 Å². The number of fused-ring (bicyclic) bond motifs is 1. The first-order chi connectivity index (χ1) is 12.1. The molecule has 2 saturated heterocycles. The molecule has 4 rings (SSSR count). The van der Waals surface area contributed by atoms with E-state index in [0.717, 1.165) is 50.9 Å². The fraction of sp³-hybridized carbons (Fsp3) is 0.632. The second-order valence-corrected chi connectivity index (χ2v) is 7.74. The van der Waals surface area contributed by atoms with Crippen LogP contribution in [0, 0.1) is 11.3 Å². The van der Waals surface area contributed by atoms with Crippen LogP contribution in [-0.4, -0.2) is 59.3 Å². The first-order valence-corrected chi connectivity index (χ1v) is 9.31. The zero-order chi connectivity index (χ0) is 17.4. The highest BCUT2D eigenvalue weighted by Gasteiger charge is 2.53. The van der Waals surface area contributed by atoms with Crippen LogP contribution < -0.4 is 5.32 Å². The quantitative estimate of drug-likeness (QED) is 0.909. The van der Waals surface area contributed by atoms with Gasteiger partial charge in [0.2, 0.25) is 11.8 Å². The molecule has 0 bridgehead atoms. The van der Waals surface area contributed by atoms with E-state index < -0.39 is 5.41 Å². The lowest BCUT2D eigenvalue weighted by Gasteiger charge is -2.34. The predicted octanol–water partition coefficient (Wildman–Crippen LogP) is 1.74. The predicted molar refractivity (Wildman–Crippen MR) is 94.9 cm³/mol. The van der Waals surface area contributed by atoms with E-state index in [0.29, 0.717) is 12.5 Å². The highest BCUT2D eigenvalue weighted by molar-refractivity contribution is 5.96. The lowest BCUT2D eigenvalue weighted by Crippen LogP contribution is -2.46. The zero-order valence-electron chi connectivity index (χ0n) is 14.8. The Morgan fingerprint density at radius 3 is 2.72 bits per heavy atom. The van der Waals surface area contributed by atoms with Gasteiger partial charge in [-0.2, -0.15) is 0 Å². The second-order valence-electron chi connectivity index (χ2n) is 7.74. The summed E-state index contributed by atoms with van der Waals surface area (Å²) in [4.78, 5) is 34.1. The van der Waals surface area contributed by atoms with Crippen LogP contribution >= 0.6 is 0 Å². The van der Waals surface area contributed by atoms with Crippen LogP contribution in [0.5, 0.6) is 0 Å². The van der Waals surface area contributed by atoms with Crippen LogP contribution in [0.4, 0.5) is 5.69 Å². The van der Waals surface area contributed by atoms with Gasteiger partial charge in [-0.05, 0) is 57.8 Å². The number of likely N-dealkylation sites (tertiary alicyclic amines) is 2. The minimum atomic E-state index is -0.414. The van der Waals surface area contributed by atoms with E-state index in [1.807, 2.05) is 17.0 Å². The molecular formula is C19H26N4O2. The lowest BCUT2D eigenvalue weighted by molar-refractivity contribution is -0.133. The van der Waals surface area contributed by atoms with E-state index in [2.05, 4.69) is 22.2 Å². The van der Waals surface area contributed by atoms with Crippen molar-refractivity contribution in [1.29, 1.82) is 0 Å². The SMILES string of the molecule is CN1CC[C@@]2(C(=O)Nc3cccnc3)CCN(C(=O)C3CC3)CC[C@@H]12. The summed E-state index contributed by atoms with van der Waals surface area (Å²) in [5, 5.41) is 3.07. The lowest BCUT2D eigenvalue weighted by atomic mass is 9.75. The third-order valence-corrected chi connectivity index (χ3v) is 6.19. The van der Waals surface area contributed by atoms with Crippen molar-refractivity contribution in [3.8, 4) is 0 Å². The number of pyridine rings is 1. The number of carbonyl (C=O) groups is 2. The van der Waals surface area contributed by atoms with Crippen LogP contribution in [0.15, 0.2) is 24.5 Å². The van der Waals surface area contributed by atoms with Crippen molar-refractivity contribution in [3.05, 3.63) is 24.5 Å². The maximum absolute atomic E-state index is 13.2. The van der Waals surface area contributed by atoms with E-state index >= 15 is 0 Å². The van der Waals surface area contributed by atoms with Gasteiger partial charge in [-0.1, -0.05) is 0 Å². The molecule has 2 atom stereocenters. The highest BCUT2D eigenvalue weighted by atomic mass is 16.2. The molecule has 1 aromatic heterocycles. The van der Waals surface area contributed by atoms with Crippen molar-refractivity contribution < 1.29 is 9.59 Å². The third kappa shape index (κ3) is 3.03. The van der Waals surface area contributed by atoms with Crippen molar-refractivity contribution in [2.45, 2.75) is 38.1 Å². The summed E-state index contributed by atoms with van der Waals surface area (Å²) >= 11 is 0. The van der Waals surface area contributed by atoms with Gasteiger partial charge in [0.15, 0.2) is 0 Å². The molecule has 25 heavy (non-hydrogen) atoms. The second kappa shape index (κ2) is 6.41. The number of carbonyl (C=O) groups excluding carboxylic acids is 2. The molecule has 0 spiro atoms. The molecule has 3 fully saturated rings. The summed E-state index contributed by atoms with van der Waals surface area (Å²) in [5.74, 6) is 0.622. The molecule has 0 unspecified atom stereocenters. The molecule has 0 radical (unpaired) electrons. The van der Waals surface area contributed by atoms with E-state index in [1.54, 1.807) is 12.4 Å². The third-order valence-electron chi connectivity index (χ3n) is 6.19. The number of amides is 2. The minimum Gasteiger partial charge on any atom is -0.342 e. The topological polar surface area (TPSA) is 65.5 Å². The number of anilines is 1. The van der Waals surface area contributed by atoms with Crippen molar-refractivity contribution in [2.24, 2.45) is 11.3 Å². The van der Waals surface area contributed by atoms with Gasteiger partial charge in [0.1, 0.15) is 0 Å². The van der Waals surface area contributed by atoms with E-state index in [4.69, 9.17) is 0 Å². The Bertz CT molecular complexity index is 661. The number of hydrogen-bond donors (Lipinski definition) is 1. The molecule has 0 aromatic carbocycles. The van der Waals surface area contributed by atoms with Gasteiger partial charge in [-0.15, -0.1) is 0 Å². The summed E-state index contributed by atoms with van der Waals surface area (Å²) < 4.78 is 0. The summed E-state index contributed by atoms with van der Waals surface area (Å²) in [6.07, 6.45) is 7.92. The molecule has 1 saturated carbocycles. The summed E-state index contributed by atoms with van der Waals surface area (Å²) in [5.41, 5.74) is 0.328. The van der Waals surface area contributed by atoms with Crippen LogP contribution in [0.2, 0.25) is 0 Å². The average molecular weight is 342 g/mol. The molecule has 6 nitrogen and oxygen atoms in total. The molecule has 6 heteroatoms. The van der Waals surface area contributed by atoms with Gasteiger partial charge < -0.3 is 15.1 Å². The van der Waals surface area contributed by atoms with E-state index in [1.165, 1.54) is 0 Å². The van der Waals surface area contributed by atoms with E-state index in [-0.39, 0.29) is 17.9 Å². The standard InChI is InChI=1S/C19H26N4O2/c1-22-11-7-19(18(25)21-15-3-2-9-20-13-15)8-12-23(10-6-16(19)22)17(24)14-4-5-14/h2-3,9,13-14,16H,4-8,10-12H2,1H3,(H,21,25)/t16-,19-/m1/s1. The molecule has 2 amide bonds. The largest absolute Gasteiger partial charge is 0.342 e. The molecule has 3 heterocycles. The summed E-state index contributed by atoms with van der Waals surface area (Å²) in [6, 6.07) is 3.89. The molecule has 1 N–H and O–H groups in total. The zero-order valence-corrected chi connectivity index (χ0v) is 14.8. The van der Waals surface area contributed by atoms with Crippen molar-refractivity contribution in [1.82, 2.24) is 14.8 Å². The Hall–Kier alpha value is -1.95. The minimum absolute atomic E-state index is 0.0792. The van der Waals surface area contributed by atoms with E-state index in [9.17, 15) is 9.59 Å². The molecule has 134 valence electrons. The number of hydrogen-bond acceptors (Lipinski definition) is 4. The Labute approximate surface area is 148 Å². The number of nitrogens with zero attached hydrogens (tertiary/aromatic N) is 3. The maximum Gasteiger partial charge on any atom is 0.232 e. The number of nitrogens with one attached hydrogen (secondary N) is 1. The Morgan fingerprint density at radius 2 is 2.00 bits per heavy atom. The van der Waals surface area contributed by atoms with Crippen LogP contribution in [0.3, 0.4) is 0 Å². The van der Waals surface area contributed by atoms with Gasteiger partial charge in [-0.25, -0.2) is 0 Å². The van der Waals surface area contributed by atoms with Gasteiger partial charge in [-0.3, -0.25) is 14.6 Å². The Morgan fingerprint density at radius 1 is 1.20 bits per heavy atom. The Balaban J connectivity index is 1.54.